The van der Waals surface area contributed by atoms with E-state index >= 15 is 0 Å². The van der Waals surface area contributed by atoms with Crippen LogP contribution in [0.25, 0.3) is 11.4 Å². The van der Waals surface area contributed by atoms with Crippen molar-refractivity contribution in [2.45, 2.75) is 63.2 Å². The van der Waals surface area contributed by atoms with Crippen molar-refractivity contribution >= 4 is 17.7 Å². The molecule has 1 saturated carbocycles. The quantitative estimate of drug-likeness (QED) is 0.549. The van der Waals surface area contributed by atoms with Crippen LogP contribution in [0, 0.1) is 11.7 Å². The van der Waals surface area contributed by atoms with Crippen LogP contribution in [0.15, 0.2) is 28.8 Å². The molecule has 1 aliphatic heterocycles. The molecule has 0 bridgehead atoms. The first-order valence-corrected chi connectivity index (χ1v) is 12.9. The molecule has 1 N–H and O–H groups in total. The van der Waals surface area contributed by atoms with Gasteiger partial charge in [0.05, 0.1) is 6.54 Å². The van der Waals surface area contributed by atoms with Gasteiger partial charge in [-0.15, -0.1) is 0 Å². The summed E-state index contributed by atoms with van der Waals surface area (Å²) in [6, 6.07) is 6.05. The molecular formula is C24H33FN4O2S. The number of rotatable bonds is 9. The molecule has 0 spiro atoms. The Labute approximate surface area is 193 Å². The van der Waals surface area contributed by atoms with Crippen molar-refractivity contribution < 1.29 is 13.7 Å². The van der Waals surface area contributed by atoms with Gasteiger partial charge in [0.2, 0.25) is 17.6 Å². The topological polar surface area (TPSA) is 71.3 Å². The lowest BCUT2D eigenvalue weighted by atomic mass is 9.96. The second-order valence-electron chi connectivity index (χ2n) is 8.84. The largest absolute Gasteiger partial charge is 0.356 e. The van der Waals surface area contributed by atoms with E-state index in [-0.39, 0.29) is 17.6 Å². The van der Waals surface area contributed by atoms with Gasteiger partial charge in [0.25, 0.3) is 0 Å². The number of hydrogen-bond acceptors (Lipinski definition) is 6. The van der Waals surface area contributed by atoms with Crippen LogP contribution in [-0.4, -0.2) is 51.6 Å². The second-order valence-corrected chi connectivity index (χ2v) is 10.3. The molecule has 0 atom stereocenters. The number of nitrogens with zero attached hydrogens (tertiary/aromatic N) is 3. The summed E-state index contributed by atoms with van der Waals surface area (Å²) in [5.74, 6) is 2.16. The zero-order valence-electron chi connectivity index (χ0n) is 18.6. The first-order valence-electron chi connectivity index (χ1n) is 11.9. The van der Waals surface area contributed by atoms with Crippen molar-refractivity contribution in [2.24, 2.45) is 5.92 Å². The number of carbonyl (C=O) groups is 1. The lowest BCUT2D eigenvalue weighted by molar-refractivity contribution is -0.126. The fraction of sp³-hybridized carbons (Fsp3) is 0.625. The van der Waals surface area contributed by atoms with Gasteiger partial charge in [-0.05, 0) is 75.2 Å². The highest BCUT2D eigenvalue weighted by molar-refractivity contribution is 7.99. The van der Waals surface area contributed by atoms with Gasteiger partial charge in [0, 0.05) is 23.3 Å². The van der Waals surface area contributed by atoms with Crippen molar-refractivity contribution in [3.63, 3.8) is 0 Å². The Bertz CT molecular complexity index is 846. The Morgan fingerprint density at radius 1 is 1.12 bits per heavy atom. The van der Waals surface area contributed by atoms with E-state index in [1.807, 2.05) is 0 Å². The standard InChI is InChI=1S/C24H33FN4O2S/c25-20-9-7-18(8-10-20)23-27-22(31-28-23)17-29-14-11-19(12-15-29)24(30)26-13-4-16-32-21-5-2-1-3-6-21/h7-10,19,21H,1-6,11-17H2,(H,26,30). The maximum atomic E-state index is 13.1. The molecule has 1 aromatic carbocycles. The van der Waals surface area contributed by atoms with Crippen LogP contribution in [0.3, 0.4) is 0 Å². The molecule has 0 unspecified atom stereocenters. The minimum absolute atomic E-state index is 0.0923. The molecule has 0 radical (unpaired) electrons. The molecule has 8 heteroatoms. The number of likely N-dealkylation sites (tertiary alicyclic amines) is 1. The van der Waals surface area contributed by atoms with E-state index in [9.17, 15) is 9.18 Å². The molecule has 1 aromatic heterocycles. The van der Waals surface area contributed by atoms with Crippen LogP contribution in [0.4, 0.5) is 4.39 Å². The van der Waals surface area contributed by atoms with Crippen LogP contribution in [0.2, 0.25) is 0 Å². The molecule has 2 fully saturated rings. The van der Waals surface area contributed by atoms with E-state index < -0.39 is 0 Å². The normalized spacial score (nSPS) is 18.7. The van der Waals surface area contributed by atoms with E-state index in [0.717, 1.165) is 55.5 Å². The van der Waals surface area contributed by atoms with Crippen LogP contribution in [-0.2, 0) is 11.3 Å². The Balaban J connectivity index is 1.12. The van der Waals surface area contributed by atoms with Gasteiger partial charge < -0.3 is 9.84 Å². The number of benzene rings is 1. The van der Waals surface area contributed by atoms with Crippen molar-refractivity contribution in [3.05, 3.63) is 36.0 Å². The smallest absolute Gasteiger partial charge is 0.241 e. The lowest BCUT2D eigenvalue weighted by Crippen LogP contribution is -2.40. The van der Waals surface area contributed by atoms with Crippen molar-refractivity contribution in [1.29, 1.82) is 0 Å². The maximum Gasteiger partial charge on any atom is 0.241 e. The van der Waals surface area contributed by atoms with E-state index in [4.69, 9.17) is 4.52 Å². The third-order valence-corrected chi connectivity index (χ3v) is 7.88. The van der Waals surface area contributed by atoms with Gasteiger partial charge in [-0.1, -0.05) is 24.4 Å². The number of piperidine rings is 1. The zero-order valence-corrected chi connectivity index (χ0v) is 19.4. The SMILES string of the molecule is O=C(NCCCSC1CCCCC1)C1CCN(Cc2nc(-c3ccc(F)cc3)no2)CC1. The molecule has 1 aliphatic carbocycles. The summed E-state index contributed by atoms with van der Waals surface area (Å²) in [5.41, 5.74) is 0.730. The summed E-state index contributed by atoms with van der Waals surface area (Å²) in [6.45, 7) is 3.03. The van der Waals surface area contributed by atoms with Crippen LogP contribution in [0.1, 0.15) is 57.3 Å². The molecule has 32 heavy (non-hydrogen) atoms. The lowest BCUT2D eigenvalue weighted by Gasteiger charge is -2.30. The Hall–Kier alpha value is -1.93. The maximum absolute atomic E-state index is 13.1. The zero-order chi connectivity index (χ0) is 22.2. The third-order valence-electron chi connectivity index (χ3n) is 6.41. The number of nitrogens with one attached hydrogen (secondary N) is 1. The molecule has 2 aromatic rings. The number of aromatic nitrogens is 2. The highest BCUT2D eigenvalue weighted by atomic mass is 32.2. The van der Waals surface area contributed by atoms with Gasteiger partial charge in [-0.25, -0.2) is 4.39 Å². The van der Waals surface area contributed by atoms with Crippen molar-refractivity contribution in [3.8, 4) is 11.4 Å². The third kappa shape index (κ3) is 6.78. The number of halogens is 1. The predicted molar refractivity (Wildman–Crippen MR) is 125 cm³/mol. The van der Waals surface area contributed by atoms with Crippen molar-refractivity contribution in [1.82, 2.24) is 20.4 Å². The van der Waals surface area contributed by atoms with Crippen molar-refractivity contribution in [2.75, 3.05) is 25.4 Å². The Kier molecular flexibility index (Phi) is 8.56. The molecule has 1 saturated heterocycles. The summed E-state index contributed by atoms with van der Waals surface area (Å²) in [6.07, 6.45) is 9.66. The number of carbonyl (C=O) groups excluding carboxylic acids is 1. The van der Waals surface area contributed by atoms with Crippen LogP contribution >= 0.6 is 11.8 Å². The predicted octanol–water partition coefficient (Wildman–Crippen LogP) is 4.66. The fourth-order valence-electron chi connectivity index (χ4n) is 4.49. The van der Waals surface area contributed by atoms with Gasteiger partial charge in [-0.3, -0.25) is 9.69 Å². The molecule has 4 rings (SSSR count). The van der Waals surface area contributed by atoms with Gasteiger partial charge in [0.15, 0.2) is 0 Å². The summed E-state index contributed by atoms with van der Waals surface area (Å²) < 4.78 is 18.4. The highest BCUT2D eigenvalue weighted by Crippen LogP contribution is 2.28. The minimum Gasteiger partial charge on any atom is -0.356 e. The first-order chi connectivity index (χ1) is 15.7. The fourth-order valence-corrected chi connectivity index (χ4v) is 5.80. The molecule has 1 amide bonds. The summed E-state index contributed by atoms with van der Waals surface area (Å²) in [5, 5.41) is 7.99. The molecule has 174 valence electrons. The van der Waals surface area contributed by atoms with Gasteiger partial charge in [-0.2, -0.15) is 16.7 Å². The molecule has 2 heterocycles. The van der Waals surface area contributed by atoms with Gasteiger partial charge >= 0.3 is 0 Å². The molecule has 6 nitrogen and oxygen atoms in total. The average molecular weight is 461 g/mol. The summed E-state index contributed by atoms with van der Waals surface area (Å²) >= 11 is 2.09. The van der Waals surface area contributed by atoms with E-state index in [2.05, 4.69) is 32.1 Å². The molecule has 2 aliphatic rings. The van der Waals surface area contributed by atoms with Gasteiger partial charge in [0.1, 0.15) is 5.82 Å². The summed E-state index contributed by atoms with van der Waals surface area (Å²) in [4.78, 5) is 19.2. The molecular weight excluding hydrogens is 427 g/mol. The Morgan fingerprint density at radius 2 is 1.88 bits per heavy atom. The summed E-state index contributed by atoms with van der Waals surface area (Å²) in [7, 11) is 0. The number of hydrogen-bond donors (Lipinski definition) is 1. The second kappa shape index (κ2) is 11.8. The van der Waals surface area contributed by atoms with Crippen LogP contribution in [0.5, 0.6) is 0 Å². The average Bonchev–Trinajstić information content (AvgIpc) is 3.29. The number of thioether (sulfide) groups is 1. The first kappa shape index (κ1) is 23.2. The highest BCUT2D eigenvalue weighted by Gasteiger charge is 2.26. The monoisotopic (exact) mass is 460 g/mol. The van der Waals surface area contributed by atoms with E-state index in [0.29, 0.717) is 18.3 Å². The number of amides is 1. The van der Waals surface area contributed by atoms with E-state index in [1.165, 1.54) is 44.2 Å². The minimum atomic E-state index is -0.289. The van der Waals surface area contributed by atoms with E-state index in [1.54, 1.807) is 12.1 Å². The Morgan fingerprint density at radius 3 is 2.62 bits per heavy atom. The van der Waals surface area contributed by atoms with Crippen LogP contribution < -0.4 is 5.32 Å².